The number of carbonyl (C=O) groups excluding carboxylic acids is 3. The number of allylic oxidation sites excluding steroid dienone is 22. The van der Waals surface area contributed by atoms with E-state index in [1.54, 1.807) is 0 Å². The zero-order chi connectivity index (χ0) is 56.4. The van der Waals surface area contributed by atoms with Crippen molar-refractivity contribution >= 4 is 17.9 Å². The van der Waals surface area contributed by atoms with Gasteiger partial charge in [-0.15, -0.1) is 0 Å². The van der Waals surface area contributed by atoms with E-state index in [-0.39, 0.29) is 37.5 Å². The molecule has 0 saturated heterocycles. The van der Waals surface area contributed by atoms with Crippen molar-refractivity contribution in [1.29, 1.82) is 0 Å². The normalized spacial score (nSPS) is 13.0. The number of esters is 3. The summed E-state index contributed by atoms with van der Waals surface area (Å²) in [6.45, 7) is 6.46. The highest BCUT2D eigenvalue weighted by molar-refractivity contribution is 5.71. The zero-order valence-corrected chi connectivity index (χ0v) is 50.6. The maximum Gasteiger partial charge on any atom is 0.306 e. The number of rotatable bonds is 57. The molecule has 78 heavy (non-hydrogen) atoms. The lowest BCUT2D eigenvalue weighted by molar-refractivity contribution is -0.167. The fourth-order valence-electron chi connectivity index (χ4n) is 8.55. The predicted octanol–water partition coefficient (Wildman–Crippen LogP) is 22.2. The van der Waals surface area contributed by atoms with Crippen LogP contribution in [0.4, 0.5) is 0 Å². The van der Waals surface area contributed by atoms with E-state index in [1.165, 1.54) is 109 Å². The van der Waals surface area contributed by atoms with Crippen molar-refractivity contribution in [3.05, 3.63) is 134 Å². The molecule has 442 valence electrons. The van der Waals surface area contributed by atoms with E-state index in [2.05, 4.69) is 154 Å². The Kier molecular flexibility index (Phi) is 61.4. The molecule has 0 N–H and O–H groups in total. The van der Waals surface area contributed by atoms with Gasteiger partial charge in [-0.25, -0.2) is 0 Å². The van der Waals surface area contributed by atoms with Gasteiger partial charge in [-0.05, 0) is 135 Å². The molecule has 0 amide bonds. The average molecular weight is 1080 g/mol. The molecule has 0 aromatic rings. The lowest BCUT2D eigenvalue weighted by Crippen LogP contribution is -2.30. The molecule has 0 aliphatic heterocycles. The summed E-state index contributed by atoms with van der Waals surface area (Å²) in [5.41, 5.74) is 0. The number of hydrogen-bond donors (Lipinski definition) is 0. The highest BCUT2D eigenvalue weighted by Gasteiger charge is 2.19. The molecule has 0 aliphatic carbocycles. The molecule has 0 aromatic heterocycles. The van der Waals surface area contributed by atoms with Gasteiger partial charge in [0, 0.05) is 19.3 Å². The van der Waals surface area contributed by atoms with Crippen LogP contribution >= 0.6 is 0 Å². The Morgan fingerprint density at radius 3 is 0.846 bits per heavy atom. The minimum absolute atomic E-state index is 0.109. The number of unbranched alkanes of at least 4 members (excludes halogenated alkanes) is 24. The van der Waals surface area contributed by atoms with Gasteiger partial charge < -0.3 is 14.2 Å². The predicted molar refractivity (Wildman–Crippen MR) is 339 cm³/mol. The Labute approximate surface area is 481 Å². The fourth-order valence-corrected chi connectivity index (χ4v) is 8.55. The Balaban J connectivity index is 4.54. The lowest BCUT2D eigenvalue weighted by atomic mass is 10.1. The monoisotopic (exact) mass is 1080 g/mol. The van der Waals surface area contributed by atoms with Gasteiger partial charge in [0.05, 0.1) is 0 Å². The third-order valence-electron chi connectivity index (χ3n) is 13.4. The molecule has 6 heteroatoms. The van der Waals surface area contributed by atoms with Crippen molar-refractivity contribution in [1.82, 2.24) is 0 Å². The molecular weight excluding hydrogens is 961 g/mol. The van der Waals surface area contributed by atoms with Crippen LogP contribution in [0.3, 0.4) is 0 Å². The molecule has 0 spiro atoms. The second-order valence-electron chi connectivity index (χ2n) is 20.9. The van der Waals surface area contributed by atoms with E-state index < -0.39 is 6.10 Å². The fraction of sp³-hybridized carbons (Fsp3) is 0.653. The highest BCUT2D eigenvalue weighted by atomic mass is 16.6. The van der Waals surface area contributed by atoms with Crippen LogP contribution in [0.15, 0.2) is 134 Å². The van der Waals surface area contributed by atoms with Crippen LogP contribution in [0.25, 0.3) is 0 Å². The van der Waals surface area contributed by atoms with Gasteiger partial charge in [-0.1, -0.05) is 264 Å². The first-order chi connectivity index (χ1) is 38.5. The first-order valence-electron chi connectivity index (χ1n) is 32.2. The third kappa shape index (κ3) is 62.4. The third-order valence-corrected chi connectivity index (χ3v) is 13.4. The van der Waals surface area contributed by atoms with Crippen molar-refractivity contribution in [2.24, 2.45) is 0 Å². The molecule has 1 unspecified atom stereocenters. The molecular formula is C72H118O6. The lowest BCUT2D eigenvalue weighted by Gasteiger charge is -2.18. The van der Waals surface area contributed by atoms with E-state index in [1.807, 2.05) is 0 Å². The molecule has 1 atom stereocenters. The van der Waals surface area contributed by atoms with Gasteiger partial charge in [0.15, 0.2) is 6.10 Å². The molecule has 0 rings (SSSR count). The van der Waals surface area contributed by atoms with Crippen LogP contribution < -0.4 is 0 Å². The summed E-state index contributed by atoms with van der Waals surface area (Å²) in [5, 5.41) is 0. The summed E-state index contributed by atoms with van der Waals surface area (Å²) in [6.07, 6.45) is 91.7. The molecule has 6 nitrogen and oxygen atoms in total. The largest absolute Gasteiger partial charge is 0.462 e. The Hall–Kier alpha value is -4.45. The van der Waals surface area contributed by atoms with Crippen molar-refractivity contribution in [3.63, 3.8) is 0 Å². The van der Waals surface area contributed by atoms with Gasteiger partial charge >= 0.3 is 17.9 Å². The summed E-state index contributed by atoms with van der Waals surface area (Å²) in [7, 11) is 0. The quantitative estimate of drug-likeness (QED) is 0.0261. The standard InChI is InChI=1S/C72H118O6/c1-4-7-10-13-16-19-22-25-28-31-33-35-36-38-39-41-44-47-50-53-56-59-62-65-71(74)77-68-69(67-76-70(73)64-61-58-55-52-49-46-43-30-27-24-21-18-15-12-9-6-3)78-72(75)66-63-60-57-54-51-48-45-42-40-37-34-32-29-26-23-20-17-14-11-8-5-2/h7,10,16,19,23,25-26,28,30,32-35,38-40,42-44,47,53,56,69H,4-6,8-9,11-15,17-18,20-22,24,27,29,31,36-37,41,45-46,48-52,54-55,57-68H2,1-3H3/b10-7-,19-16-,26-23-,28-25-,34-32-,35-33-,39-38-,42-40-,43-30-,47-44-,56-53-. The van der Waals surface area contributed by atoms with Crippen molar-refractivity contribution in [2.45, 2.75) is 290 Å². The molecule has 0 aromatic carbocycles. The topological polar surface area (TPSA) is 78.9 Å². The van der Waals surface area contributed by atoms with Gasteiger partial charge in [0.25, 0.3) is 0 Å². The Morgan fingerprint density at radius 2 is 0.513 bits per heavy atom. The Morgan fingerprint density at radius 1 is 0.269 bits per heavy atom. The van der Waals surface area contributed by atoms with Crippen molar-refractivity contribution < 1.29 is 28.6 Å². The minimum atomic E-state index is -0.819. The van der Waals surface area contributed by atoms with Crippen LogP contribution in [0.5, 0.6) is 0 Å². The van der Waals surface area contributed by atoms with Crippen molar-refractivity contribution in [3.8, 4) is 0 Å². The molecule has 0 fully saturated rings. The summed E-state index contributed by atoms with van der Waals surface area (Å²) in [4.78, 5) is 38.3. The summed E-state index contributed by atoms with van der Waals surface area (Å²) in [5.74, 6) is -0.990. The van der Waals surface area contributed by atoms with Crippen LogP contribution in [0, 0.1) is 0 Å². The highest BCUT2D eigenvalue weighted by Crippen LogP contribution is 2.14. The first-order valence-corrected chi connectivity index (χ1v) is 32.2. The number of ether oxygens (including phenoxy) is 3. The SMILES string of the molecule is CC/C=C\C/C=C\C/C=C\C/C=C\C/C=C\C/C=C\C/C=C\CCCC(=O)OCC(COC(=O)CCCCCCC/C=C\CCCCCCCCC)OC(=O)CCCCCCCC/C=C\C/C=C\C/C=C\CCCCCCC. The van der Waals surface area contributed by atoms with E-state index in [9.17, 15) is 14.4 Å². The molecule has 0 radical (unpaired) electrons. The van der Waals surface area contributed by atoms with E-state index >= 15 is 0 Å². The molecule has 0 heterocycles. The van der Waals surface area contributed by atoms with E-state index in [0.29, 0.717) is 19.3 Å². The van der Waals surface area contributed by atoms with Crippen LogP contribution in [0.1, 0.15) is 284 Å². The maximum absolute atomic E-state index is 12.9. The first kappa shape index (κ1) is 73.5. The van der Waals surface area contributed by atoms with Crippen molar-refractivity contribution in [2.75, 3.05) is 13.2 Å². The number of carbonyl (C=O) groups is 3. The van der Waals surface area contributed by atoms with Crippen LogP contribution in [-0.4, -0.2) is 37.2 Å². The average Bonchev–Trinajstić information content (AvgIpc) is 3.44. The molecule has 0 aliphatic rings. The summed E-state index contributed by atoms with van der Waals surface area (Å²) in [6, 6.07) is 0. The maximum atomic E-state index is 12.9. The van der Waals surface area contributed by atoms with Gasteiger partial charge in [0.1, 0.15) is 13.2 Å². The van der Waals surface area contributed by atoms with E-state index in [0.717, 1.165) is 128 Å². The van der Waals surface area contributed by atoms with Gasteiger partial charge in [-0.3, -0.25) is 14.4 Å². The van der Waals surface area contributed by atoms with Crippen LogP contribution in [0.2, 0.25) is 0 Å². The molecule has 0 saturated carbocycles. The van der Waals surface area contributed by atoms with Gasteiger partial charge in [0.2, 0.25) is 0 Å². The number of hydrogen-bond acceptors (Lipinski definition) is 6. The van der Waals surface area contributed by atoms with E-state index in [4.69, 9.17) is 14.2 Å². The van der Waals surface area contributed by atoms with Crippen LogP contribution in [-0.2, 0) is 28.6 Å². The second-order valence-corrected chi connectivity index (χ2v) is 20.9. The smallest absolute Gasteiger partial charge is 0.306 e. The summed E-state index contributed by atoms with van der Waals surface area (Å²) < 4.78 is 16.9. The minimum Gasteiger partial charge on any atom is -0.462 e. The molecule has 0 bridgehead atoms. The summed E-state index contributed by atoms with van der Waals surface area (Å²) >= 11 is 0. The van der Waals surface area contributed by atoms with Gasteiger partial charge in [-0.2, -0.15) is 0 Å². The zero-order valence-electron chi connectivity index (χ0n) is 50.6. The Bertz CT molecular complexity index is 1670. The second kappa shape index (κ2) is 65.1.